The molecule has 4 N–H and O–H groups in total. The SMILES string of the molecule is O=P(O)(O)OC1OC(CO)C(O)C(F)(F)C1(F)F. The zero-order valence-electron chi connectivity index (χ0n) is 8.41. The first kappa shape index (κ1) is 15.8. The average Bonchev–Trinajstić information content (AvgIpc) is 2.19. The quantitative estimate of drug-likeness (QED) is 0.408. The number of hydrogen-bond acceptors (Lipinski definition) is 5. The second-order valence-corrected chi connectivity index (χ2v) is 4.67. The van der Waals surface area contributed by atoms with Gasteiger partial charge in [0, 0.05) is 0 Å². The van der Waals surface area contributed by atoms with E-state index >= 15 is 0 Å². The van der Waals surface area contributed by atoms with Crippen molar-refractivity contribution in [3.63, 3.8) is 0 Å². The molecule has 1 fully saturated rings. The Labute approximate surface area is 97.2 Å². The van der Waals surface area contributed by atoms with Gasteiger partial charge in [-0.15, -0.1) is 0 Å². The number of phosphoric ester groups is 1. The van der Waals surface area contributed by atoms with Crippen LogP contribution in [-0.4, -0.2) is 56.9 Å². The molecule has 1 heterocycles. The van der Waals surface area contributed by atoms with E-state index in [4.69, 9.17) is 20.0 Å². The molecule has 3 atom stereocenters. The van der Waals surface area contributed by atoms with Crippen molar-refractivity contribution in [2.75, 3.05) is 6.61 Å². The normalized spacial score (nSPS) is 35.4. The van der Waals surface area contributed by atoms with Gasteiger partial charge >= 0.3 is 19.7 Å². The van der Waals surface area contributed by atoms with Crippen molar-refractivity contribution in [3.05, 3.63) is 0 Å². The van der Waals surface area contributed by atoms with E-state index in [1.54, 1.807) is 0 Å². The van der Waals surface area contributed by atoms with Crippen LogP contribution in [0.1, 0.15) is 0 Å². The highest BCUT2D eigenvalue weighted by molar-refractivity contribution is 7.46. The fourth-order valence-corrected chi connectivity index (χ4v) is 1.70. The number of rotatable bonds is 3. The van der Waals surface area contributed by atoms with Crippen molar-refractivity contribution in [3.8, 4) is 0 Å². The lowest BCUT2D eigenvalue weighted by atomic mass is 9.97. The first-order chi connectivity index (χ1) is 7.93. The molecule has 0 bridgehead atoms. The third-order valence-corrected chi connectivity index (χ3v) is 2.64. The van der Waals surface area contributed by atoms with Crippen LogP contribution in [0.25, 0.3) is 0 Å². The van der Waals surface area contributed by atoms with Crippen molar-refractivity contribution in [2.24, 2.45) is 0 Å². The van der Waals surface area contributed by atoms with Crippen LogP contribution in [0.15, 0.2) is 0 Å². The van der Waals surface area contributed by atoms with E-state index in [1.807, 2.05) is 0 Å². The fraction of sp³-hybridized carbons (Fsp3) is 1.00. The summed E-state index contributed by atoms with van der Waals surface area (Å²) in [7, 11) is -5.53. The molecule has 3 unspecified atom stereocenters. The molecule has 7 nitrogen and oxygen atoms in total. The van der Waals surface area contributed by atoms with E-state index in [9.17, 15) is 22.1 Å². The molecule has 0 aromatic carbocycles. The number of alkyl halides is 4. The molecule has 0 saturated carbocycles. The standard InChI is InChI=1S/C6H9F4O7P/c7-5(8)3(12)2(1-11)16-4(6(5,9)10)17-18(13,14)15/h2-4,11-12H,1H2,(H2,13,14,15). The lowest BCUT2D eigenvalue weighted by Crippen LogP contribution is -2.67. The highest BCUT2D eigenvalue weighted by atomic mass is 31.2. The van der Waals surface area contributed by atoms with Crippen LogP contribution < -0.4 is 0 Å². The van der Waals surface area contributed by atoms with E-state index in [0.29, 0.717) is 0 Å². The molecule has 1 aliphatic heterocycles. The molecule has 0 aliphatic carbocycles. The van der Waals surface area contributed by atoms with Crippen LogP contribution in [0.3, 0.4) is 0 Å². The van der Waals surface area contributed by atoms with E-state index in [-0.39, 0.29) is 0 Å². The van der Waals surface area contributed by atoms with Gasteiger partial charge in [0.2, 0.25) is 6.29 Å². The van der Waals surface area contributed by atoms with Crippen LogP contribution in [0, 0.1) is 0 Å². The van der Waals surface area contributed by atoms with Crippen LogP contribution in [-0.2, 0) is 13.8 Å². The van der Waals surface area contributed by atoms with Crippen molar-refractivity contribution < 1.29 is 51.4 Å². The maximum Gasteiger partial charge on any atom is 0.472 e. The highest BCUT2D eigenvalue weighted by Gasteiger charge is 2.72. The Balaban J connectivity index is 3.08. The Hall–Kier alpha value is -0.290. The number of phosphoric acid groups is 1. The van der Waals surface area contributed by atoms with Crippen molar-refractivity contribution in [2.45, 2.75) is 30.3 Å². The summed E-state index contributed by atoms with van der Waals surface area (Å²) in [5.74, 6) is -10.3. The second kappa shape index (κ2) is 4.67. The number of ether oxygens (including phenoxy) is 1. The molecule has 1 rings (SSSR count). The molecule has 0 spiro atoms. The van der Waals surface area contributed by atoms with Gasteiger partial charge in [0.1, 0.15) is 6.10 Å². The fourth-order valence-electron chi connectivity index (χ4n) is 1.27. The Morgan fingerprint density at radius 3 is 2.11 bits per heavy atom. The maximum absolute atomic E-state index is 13.2. The predicted octanol–water partition coefficient (Wildman–Crippen LogP) is -0.556. The van der Waals surface area contributed by atoms with E-state index in [2.05, 4.69) is 9.26 Å². The van der Waals surface area contributed by atoms with Gasteiger partial charge in [-0.05, 0) is 0 Å². The summed E-state index contributed by atoms with van der Waals surface area (Å²) in [6.07, 6.45) is -8.51. The Morgan fingerprint density at radius 1 is 1.22 bits per heavy atom. The van der Waals surface area contributed by atoms with Crippen LogP contribution in [0.5, 0.6) is 0 Å². The molecule has 108 valence electrons. The summed E-state index contributed by atoms with van der Waals surface area (Å²) in [4.78, 5) is 16.6. The number of aliphatic hydroxyl groups excluding tert-OH is 2. The zero-order valence-corrected chi connectivity index (χ0v) is 9.31. The van der Waals surface area contributed by atoms with Crippen LogP contribution >= 0.6 is 7.82 Å². The average molecular weight is 300 g/mol. The molecule has 1 saturated heterocycles. The van der Waals surface area contributed by atoms with Crippen molar-refractivity contribution in [1.29, 1.82) is 0 Å². The molecule has 12 heteroatoms. The summed E-state index contributed by atoms with van der Waals surface area (Å²) < 4.78 is 70.3. The van der Waals surface area contributed by atoms with Gasteiger partial charge in [-0.1, -0.05) is 0 Å². The van der Waals surface area contributed by atoms with E-state index < -0.39 is 44.8 Å². The minimum Gasteiger partial charge on any atom is -0.394 e. The Kier molecular flexibility index (Phi) is 4.09. The van der Waals surface area contributed by atoms with Gasteiger partial charge in [0.25, 0.3) is 0 Å². The molecular formula is C6H9F4O7P. The highest BCUT2D eigenvalue weighted by Crippen LogP contribution is 2.51. The first-order valence-electron chi connectivity index (χ1n) is 4.37. The van der Waals surface area contributed by atoms with Crippen molar-refractivity contribution >= 4 is 7.82 Å². The van der Waals surface area contributed by atoms with Gasteiger partial charge in [-0.25, -0.2) is 9.09 Å². The van der Waals surface area contributed by atoms with Crippen molar-refractivity contribution in [1.82, 2.24) is 0 Å². The largest absolute Gasteiger partial charge is 0.472 e. The number of aliphatic hydroxyl groups is 2. The summed E-state index contributed by atoms with van der Waals surface area (Å²) in [6, 6.07) is 0. The van der Waals surface area contributed by atoms with Gasteiger partial charge in [0.15, 0.2) is 6.10 Å². The van der Waals surface area contributed by atoms with Gasteiger partial charge < -0.3 is 24.7 Å². The zero-order chi connectivity index (χ0) is 14.4. The van der Waals surface area contributed by atoms with Crippen LogP contribution in [0.2, 0.25) is 0 Å². The predicted molar refractivity (Wildman–Crippen MR) is 44.8 cm³/mol. The number of halogens is 4. The van der Waals surface area contributed by atoms with Gasteiger partial charge in [0.05, 0.1) is 6.61 Å². The molecule has 0 aromatic heterocycles. The van der Waals surface area contributed by atoms with Gasteiger partial charge in [-0.3, -0.25) is 0 Å². The molecule has 1 aliphatic rings. The molecular weight excluding hydrogens is 291 g/mol. The first-order valence-corrected chi connectivity index (χ1v) is 5.90. The number of hydrogen-bond donors (Lipinski definition) is 4. The third kappa shape index (κ3) is 2.67. The third-order valence-electron chi connectivity index (χ3n) is 2.18. The molecule has 0 amide bonds. The lowest BCUT2D eigenvalue weighted by Gasteiger charge is -2.43. The molecule has 0 aromatic rings. The maximum atomic E-state index is 13.2. The second-order valence-electron chi connectivity index (χ2n) is 3.48. The summed E-state index contributed by atoms with van der Waals surface area (Å²) in [5.41, 5.74) is 0. The minimum atomic E-state index is -5.53. The summed E-state index contributed by atoms with van der Waals surface area (Å²) >= 11 is 0. The Morgan fingerprint density at radius 2 is 1.72 bits per heavy atom. The Bertz CT molecular complexity index is 358. The molecule has 18 heavy (non-hydrogen) atoms. The summed E-state index contributed by atoms with van der Waals surface area (Å²) in [5, 5.41) is 17.5. The van der Waals surface area contributed by atoms with Crippen LogP contribution in [0.4, 0.5) is 17.6 Å². The van der Waals surface area contributed by atoms with E-state index in [1.165, 1.54) is 0 Å². The lowest BCUT2D eigenvalue weighted by molar-refractivity contribution is -0.391. The monoisotopic (exact) mass is 300 g/mol. The summed E-state index contributed by atoms with van der Waals surface area (Å²) in [6.45, 7) is -1.27. The van der Waals surface area contributed by atoms with Gasteiger partial charge in [-0.2, -0.15) is 17.6 Å². The van der Waals surface area contributed by atoms with E-state index in [0.717, 1.165) is 0 Å². The smallest absolute Gasteiger partial charge is 0.394 e. The minimum absolute atomic E-state index is 1.27. The topological polar surface area (TPSA) is 116 Å². The molecule has 0 radical (unpaired) electrons.